The summed E-state index contributed by atoms with van der Waals surface area (Å²) >= 11 is 1.95. The van der Waals surface area contributed by atoms with E-state index in [2.05, 4.69) is 42.5 Å². The lowest BCUT2D eigenvalue weighted by Gasteiger charge is -2.27. The lowest BCUT2D eigenvalue weighted by atomic mass is 9.76. The molecule has 0 aromatic heterocycles. The van der Waals surface area contributed by atoms with Gasteiger partial charge in [0, 0.05) is 11.3 Å². The number of hydrogen-bond acceptors (Lipinski definition) is 3. The number of fused-ring (bicyclic) bond motifs is 2. The van der Waals surface area contributed by atoms with Crippen molar-refractivity contribution in [3.63, 3.8) is 0 Å². The van der Waals surface area contributed by atoms with Gasteiger partial charge in [-0.3, -0.25) is 4.79 Å². The molecule has 0 radical (unpaired) electrons. The first kappa shape index (κ1) is 18.5. The Kier molecular flexibility index (Phi) is 7.00. The van der Waals surface area contributed by atoms with E-state index in [1.165, 1.54) is 24.2 Å². The van der Waals surface area contributed by atoms with E-state index >= 15 is 0 Å². The van der Waals surface area contributed by atoms with Crippen molar-refractivity contribution in [3.8, 4) is 0 Å². The Balaban J connectivity index is 1.43. The second-order valence-electron chi connectivity index (χ2n) is 7.06. The van der Waals surface area contributed by atoms with E-state index in [-0.39, 0.29) is 6.42 Å². The SMILES string of the molecule is O=C(O)CCC/C=C\C[C@@H]1[C@H](CCSc2ccccc2)[C@@H]2CC[C@H]1O2. The summed E-state index contributed by atoms with van der Waals surface area (Å²) in [6.45, 7) is 0. The van der Waals surface area contributed by atoms with Crippen LogP contribution in [0.4, 0.5) is 0 Å². The molecule has 0 saturated carbocycles. The van der Waals surface area contributed by atoms with Gasteiger partial charge in [-0.25, -0.2) is 0 Å². The second kappa shape index (κ2) is 9.44. The third-order valence-electron chi connectivity index (χ3n) is 5.39. The van der Waals surface area contributed by atoms with Crippen LogP contribution in [0.25, 0.3) is 0 Å². The largest absolute Gasteiger partial charge is 0.481 e. The second-order valence-corrected chi connectivity index (χ2v) is 8.23. The van der Waals surface area contributed by atoms with Gasteiger partial charge < -0.3 is 9.84 Å². The maximum atomic E-state index is 10.5. The molecule has 3 nitrogen and oxygen atoms in total. The van der Waals surface area contributed by atoms with E-state index in [0.29, 0.717) is 24.0 Å². The standard InChI is InChI=1S/C21H28O3S/c22-21(23)11-7-2-1-6-10-17-18(20-13-12-19(17)24-20)14-15-25-16-8-4-3-5-9-16/h1,3-6,8-9,17-20H,2,7,10-15H2,(H,22,23)/b6-1-/t17-,18+,19-,20+/m1/s1. The highest BCUT2D eigenvalue weighted by atomic mass is 32.2. The van der Waals surface area contributed by atoms with E-state index in [1.54, 1.807) is 0 Å². The van der Waals surface area contributed by atoms with Crippen molar-refractivity contribution in [2.75, 3.05) is 5.75 Å². The minimum Gasteiger partial charge on any atom is -0.481 e. The van der Waals surface area contributed by atoms with Crippen LogP contribution in [0.15, 0.2) is 47.4 Å². The zero-order chi connectivity index (χ0) is 17.5. The van der Waals surface area contributed by atoms with E-state index in [9.17, 15) is 4.79 Å². The van der Waals surface area contributed by atoms with Gasteiger partial charge in [0.2, 0.25) is 0 Å². The van der Waals surface area contributed by atoms with Gasteiger partial charge in [0.1, 0.15) is 0 Å². The fourth-order valence-corrected chi connectivity index (χ4v) is 5.14. The molecule has 25 heavy (non-hydrogen) atoms. The third-order valence-corrected chi connectivity index (χ3v) is 6.44. The lowest BCUT2D eigenvalue weighted by molar-refractivity contribution is -0.137. The minimum atomic E-state index is -0.703. The van der Waals surface area contributed by atoms with Gasteiger partial charge in [-0.2, -0.15) is 0 Å². The van der Waals surface area contributed by atoms with Gasteiger partial charge >= 0.3 is 5.97 Å². The molecule has 2 heterocycles. The molecule has 1 N–H and O–H groups in total. The first-order valence-corrected chi connectivity index (χ1v) is 10.4. The summed E-state index contributed by atoms with van der Waals surface area (Å²) in [7, 11) is 0. The van der Waals surface area contributed by atoms with Crippen LogP contribution in [0.1, 0.15) is 44.9 Å². The first-order chi connectivity index (χ1) is 12.2. The maximum absolute atomic E-state index is 10.5. The van der Waals surface area contributed by atoms with E-state index < -0.39 is 5.97 Å². The Labute approximate surface area is 154 Å². The molecule has 3 rings (SSSR count). The van der Waals surface area contributed by atoms with E-state index in [4.69, 9.17) is 9.84 Å². The number of carboxylic acids is 1. The van der Waals surface area contributed by atoms with Gasteiger partial charge in [-0.05, 0) is 68.2 Å². The van der Waals surface area contributed by atoms with Crippen molar-refractivity contribution < 1.29 is 14.6 Å². The number of aliphatic carboxylic acids is 1. The predicted octanol–water partition coefficient (Wildman–Crippen LogP) is 5.16. The molecule has 2 aliphatic rings. The van der Waals surface area contributed by atoms with Gasteiger partial charge in [0.05, 0.1) is 12.2 Å². The van der Waals surface area contributed by atoms with Crippen molar-refractivity contribution in [1.29, 1.82) is 0 Å². The van der Waals surface area contributed by atoms with Crippen molar-refractivity contribution in [2.45, 2.75) is 62.0 Å². The fraction of sp³-hybridized carbons (Fsp3) is 0.571. The minimum absolute atomic E-state index is 0.265. The summed E-state index contributed by atoms with van der Waals surface area (Å²) in [5, 5.41) is 8.67. The molecule has 4 heteroatoms. The monoisotopic (exact) mass is 360 g/mol. The van der Waals surface area contributed by atoms with E-state index in [1.807, 2.05) is 11.8 Å². The molecule has 2 saturated heterocycles. The molecule has 4 atom stereocenters. The maximum Gasteiger partial charge on any atom is 0.303 e. The van der Waals surface area contributed by atoms with Gasteiger partial charge in [0.25, 0.3) is 0 Å². The number of carboxylic acid groups (broad SMARTS) is 1. The van der Waals surface area contributed by atoms with Gasteiger partial charge in [-0.15, -0.1) is 11.8 Å². The van der Waals surface area contributed by atoms with Crippen molar-refractivity contribution in [2.24, 2.45) is 11.8 Å². The quantitative estimate of drug-likeness (QED) is 0.355. The van der Waals surface area contributed by atoms with Crippen molar-refractivity contribution in [1.82, 2.24) is 0 Å². The summed E-state index contributed by atoms with van der Waals surface area (Å²) in [5.74, 6) is 1.77. The molecule has 136 valence electrons. The van der Waals surface area contributed by atoms with E-state index in [0.717, 1.165) is 25.0 Å². The molecule has 2 aliphatic heterocycles. The molecule has 0 unspecified atom stereocenters. The normalized spacial score (nSPS) is 28.0. The number of hydrogen-bond donors (Lipinski definition) is 1. The summed E-state index contributed by atoms with van der Waals surface area (Å²) in [6.07, 6.45) is 11.9. The van der Waals surface area contributed by atoms with Crippen LogP contribution in [0.5, 0.6) is 0 Å². The molecular formula is C21H28O3S. The third kappa shape index (κ3) is 5.35. The molecule has 1 aromatic carbocycles. The van der Waals surface area contributed by atoms with Crippen molar-refractivity contribution >= 4 is 17.7 Å². The number of ether oxygens (including phenoxy) is 1. The molecule has 2 fully saturated rings. The summed E-state index contributed by atoms with van der Waals surface area (Å²) in [6, 6.07) is 10.6. The van der Waals surface area contributed by atoms with Crippen LogP contribution in [0.3, 0.4) is 0 Å². The summed E-state index contributed by atoms with van der Waals surface area (Å²) < 4.78 is 6.19. The Bertz CT molecular complexity index is 572. The highest BCUT2D eigenvalue weighted by molar-refractivity contribution is 7.99. The molecule has 2 bridgehead atoms. The van der Waals surface area contributed by atoms with Crippen LogP contribution in [-0.4, -0.2) is 29.0 Å². The van der Waals surface area contributed by atoms with Crippen LogP contribution in [0, 0.1) is 11.8 Å². The van der Waals surface area contributed by atoms with Crippen LogP contribution >= 0.6 is 11.8 Å². The Morgan fingerprint density at radius 1 is 1.16 bits per heavy atom. The van der Waals surface area contributed by atoms with Crippen LogP contribution < -0.4 is 0 Å². The Morgan fingerprint density at radius 3 is 2.68 bits per heavy atom. The number of rotatable bonds is 10. The molecule has 1 aromatic rings. The Morgan fingerprint density at radius 2 is 1.92 bits per heavy atom. The van der Waals surface area contributed by atoms with Crippen LogP contribution in [0.2, 0.25) is 0 Å². The molecule has 0 aliphatic carbocycles. The number of unbranched alkanes of at least 4 members (excludes halogenated alkanes) is 1. The average Bonchev–Trinajstić information content (AvgIpc) is 3.21. The predicted molar refractivity (Wildman–Crippen MR) is 102 cm³/mol. The number of carbonyl (C=O) groups is 1. The topological polar surface area (TPSA) is 46.5 Å². The van der Waals surface area contributed by atoms with Crippen LogP contribution in [-0.2, 0) is 9.53 Å². The van der Waals surface area contributed by atoms with Gasteiger partial charge in [0.15, 0.2) is 0 Å². The fourth-order valence-electron chi connectivity index (χ4n) is 4.17. The van der Waals surface area contributed by atoms with Gasteiger partial charge in [-0.1, -0.05) is 30.4 Å². The average molecular weight is 361 g/mol. The zero-order valence-electron chi connectivity index (χ0n) is 14.7. The first-order valence-electron chi connectivity index (χ1n) is 9.44. The lowest BCUT2D eigenvalue weighted by Crippen LogP contribution is -2.27. The molecule has 0 amide bonds. The summed E-state index contributed by atoms with van der Waals surface area (Å²) in [5.41, 5.74) is 0. The summed E-state index contributed by atoms with van der Waals surface area (Å²) in [4.78, 5) is 11.9. The number of benzene rings is 1. The number of allylic oxidation sites excluding steroid dienone is 2. The highest BCUT2D eigenvalue weighted by Crippen LogP contribution is 2.47. The molecular weight excluding hydrogens is 332 g/mol. The highest BCUT2D eigenvalue weighted by Gasteiger charge is 2.47. The Hall–Kier alpha value is -1.26. The zero-order valence-corrected chi connectivity index (χ0v) is 15.5. The smallest absolute Gasteiger partial charge is 0.303 e. The number of thioether (sulfide) groups is 1. The molecule has 0 spiro atoms. The van der Waals surface area contributed by atoms with Crippen molar-refractivity contribution in [3.05, 3.63) is 42.5 Å².